The highest BCUT2D eigenvalue weighted by Gasteiger charge is 2.47. The third-order valence-electron chi connectivity index (χ3n) is 4.44. The number of hydrogen-bond donors (Lipinski definition) is 1. The Kier molecular flexibility index (Phi) is 5.69. The van der Waals surface area contributed by atoms with Gasteiger partial charge in [0.15, 0.2) is 9.84 Å². The van der Waals surface area contributed by atoms with E-state index in [4.69, 9.17) is 4.74 Å². The fraction of sp³-hybridized carbons (Fsp3) is 0.562. The van der Waals surface area contributed by atoms with E-state index < -0.39 is 25.4 Å². The zero-order valence-electron chi connectivity index (χ0n) is 15.3. The smallest absolute Gasteiger partial charge is 0.243 e. The highest BCUT2D eigenvalue weighted by atomic mass is 32.2. The molecule has 1 aliphatic rings. The Bertz CT molecular complexity index is 911. The Morgan fingerprint density at radius 1 is 1.38 bits per heavy atom. The topological polar surface area (TPSA) is 110 Å². The lowest BCUT2D eigenvalue weighted by Crippen LogP contribution is -2.50. The Morgan fingerprint density at radius 2 is 2.04 bits per heavy atom. The molecule has 0 radical (unpaired) electrons. The van der Waals surface area contributed by atoms with Gasteiger partial charge in [0.25, 0.3) is 0 Å². The number of nitrogens with one attached hydrogen (secondary N) is 1. The van der Waals surface area contributed by atoms with Crippen LogP contribution in [0.2, 0.25) is 0 Å². The third-order valence-corrected chi connectivity index (χ3v) is 8.46. The Hall–Kier alpha value is -1.65. The summed E-state index contributed by atoms with van der Waals surface area (Å²) in [6, 6.07) is 4.17. The highest BCUT2D eigenvalue weighted by molar-refractivity contribution is 7.92. The molecule has 1 aliphatic heterocycles. The van der Waals surface area contributed by atoms with Crippen LogP contribution in [0.3, 0.4) is 0 Å². The fourth-order valence-electron chi connectivity index (χ4n) is 3.29. The van der Waals surface area contributed by atoms with Crippen LogP contribution in [0.25, 0.3) is 0 Å². The van der Waals surface area contributed by atoms with Crippen molar-refractivity contribution in [3.8, 4) is 5.75 Å². The molecule has 1 heterocycles. The van der Waals surface area contributed by atoms with Crippen molar-refractivity contribution < 1.29 is 26.4 Å². The monoisotopic (exact) mass is 404 g/mol. The van der Waals surface area contributed by atoms with Gasteiger partial charge in [-0.3, -0.25) is 4.79 Å². The van der Waals surface area contributed by atoms with Gasteiger partial charge in [-0.25, -0.2) is 16.8 Å². The number of carbonyl (C=O) groups is 1. The average molecular weight is 405 g/mol. The molecule has 10 heteroatoms. The molecule has 1 amide bonds. The number of benzene rings is 1. The first-order valence-corrected chi connectivity index (χ1v) is 11.4. The van der Waals surface area contributed by atoms with Crippen molar-refractivity contribution in [1.82, 2.24) is 4.31 Å². The normalized spacial score (nSPS) is 22.3. The van der Waals surface area contributed by atoms with E-state index in [0.29, 0.717) is 5.75 Å². The van der Waals surface area contributed by atoms with Crippen LogP contribution < -0.4 is 10.1 Å². The van der Waals surface area contributed by atoms with Crippen LogP contribution >= 0.6 is 0 Å². The zero-order valence-corrected chi connectivity index (χ0v) is 16.9. The molecule has 8 nitrogen and oxygen atoms in total. The predicted molar refractivity (Wildman–Crippen MR) is 98.5 cm³/mol. The van der Waals surface area contributed by atoms with Gasteiger partial charge in [-0.1, -0.05) is 6.92 Å². The van der Waals surface area contributed by atoms with Gasteiger partial charge >= 0.3 is 0 Å². The average Bonchev–Trinajstić information content (AvgIpc) is 2.80. The van der Waals surface area contributed by atoms with Crippen LogP contribution in [0.4, 0.5) is 5.69 Å². The number of amides is 1. The van der Waals surface area contributed by atoms with Crippen molar-refractivity contribution in [2.45, 2.75) is 37.6 Å². The van der Waals surface area contributed by atoms with E-state index in [1.165, 1.54) is 36.5 Å². The van der Waals surface area contributed by atoms with Gasteiger partial charge in [-0.2, -0.15) is 4.31 Å². The van der Waals surface area contributed by atoms with Crippen molar-refractivity contribution in [2.24, 2.45) is 0 Å². The summed E-state index contributed by atoms with van der Waals surface area (Å²) in [5.41, 5.74) is -0.762. The van der Waals surface area contributed by atoms with Crippen LogP contribution in [0.5, 0.6) is 5.75 Å². The summed E-state index contributed by atoms with van der Waals surface area (Å²) < 4.78 is 56.5. The second-order valence-corrected chi connectivity index (χ2v) is 10.6. The number of sulfonamides is 1. The van der Waals surface area contributed by atoms with Gasteiger partial charge < -0.3 is 10.1 Å². The van der Waals surface area contributed by atoms with Gasteiger partial charge in [0.1, 0.15) is 5.75 Å². The van der Waals surface area contributed by atoms with Gasteiger partial charge in [0.2, 0.25) is 15.9 Å². The van der Waals surface area contributed by atoms with Crippen LogP contribution in [-0.2, 0) is 24.7 Å². The summed E-state index contributed by atoms with van der Waals surface area (Å²) >= 11 is 0. The van der Waals surface area contributed by atoms with E-state index in [9.17, 15) is 21.6 Å². The molecule has 1 N–H and O–H groups in total. The standard InChI is InChI=1S/C16H24N2O6S2/c1-5-18(16(3)8-9-25(20,21)11-16)26(22,23)13-6-7-15(24-4)14(10-13)17-12(2)19/h6-7,10H,5,8-9,11H2,1-4H3,(H,17,19)/t16-/m0/s1. The van der Waals surface area contributed by atoms with E-state index >= 15 is 0 Å². The fourth-order valence-corrected chi connectivity index (χ4v) is 7.36. The first kappa shape index (κ1) is 20.7. The minimum Gasteiger partial charge on any atom is -0.495 e. The lowest BCUT2D eigenvalue weighted by molar-refractivity contribution is -0.114. The van der Waals surface area contributed by atoms with Crippen LogP contribution in [0, 0.1) is 0 Å². The number of hydrogen-bond acceptors (Lipinski definition) is 6. The third kappa shape index (κ3) is 4.02. The van der Waals surface area contributed by atoms with E-state index in [-0.39, 0.29) is 41.0 Å². The number of anilines is 1. The zero-order chi connectivity index (χ0) is 19.8. The maximum atomic E-state index is 13.2. The second-order valence-electron chi connectivity index (χ2n) is 6.55. The lowest BCUT2D eigenvalue weighted by Gasteiger charge is -2.35. The molecule has 1 aromatic rings. The Morgan fingerprint density at radius 3 is 2.50 bits per heavy atom. The number of sulfone groups is 1. The maximum Gasteiger partial charge on any atom is 0.243 e. The molecule has 1 atom stereocenters. The van der Waals surface area contributed by atoms with Crippen molar-refractivity contribution in [3.63, 3.8) is 0 Å². The van der Waals surface area contributed by atoms with E-state index in [1.807, 2.05) is 0 Å². The van der Waals surface area contributed by atoms with Crippen LogP contribution in [-0.4, -0.2) is 57.7 Å². The number of ether oxygens (including phenoxy) is 1. The number of carbonyl (C=O) groups excluding carboxylic acids is 1. The number of rotatable bonds is 6. The first-order chi connectivity index (χ1) is 11.9. The summed E-state index contributed by atoms with van der Waals surface area (Å²) in [5.74, 6) is -0.271. The maximum absolute atomic E-state index is 13.2. The molecule has 1 saturated heterocycles. The van der Waals surface area contributed by atoms with Crippen molar-refractivity contribution in [2.75, 3.05) is 30.5 Å². The SMILES string of the molecule is CCN([C@@]1(C)CCS(=O)(=O)C1)S(=O)(=O)c1ccc(OC)c(NC(C)=O)c1. The molecule has 0 saturated carbocycles. The van der Waals surface area contributed by atoms with E-state index in [1.54, 1.807) is 13.8 Å². The van der Waals surface area contributed by atoms with Gasteiger partial charge in [0, 0.05) is 19.0 Å². The highest BCUT2D eigenvalue weighted by Crippen LogP contribution is 2.35. The second kappa shape index (κ2) is 7.16. The summed E-state index contributed by atoms with van der Waals surface area (Å²) in [5, 5.41) is 2.54. The minimum absolute atomic E-state index is 0.0325. The number of nitrogens with zero attached hydrogens (tertiary/aromatic N) is 1. The lowest BCUT2D eigenvalue weighted by atomic mass is 10.0. The largest absolute Gasteiger partial charge is 0.495 e. The molecular formula is C16H24N2O6S2. The molecule has 26 heavy (non-hydrogen) atoms. The summed E-state index contributed by atoms with van der Waals surface area (Å²) in [6.45, 7) is 4.77. The molecule has 0 aromatic heterocycles. The molecule has 1 aromatic carbocycles. The molecule has 0 unspecified atom stereocenters. The van der Waals surface area contributed by atoms with E-state index in [2.05, 4.69) is 5.32 Å². The van der Waals surface area contributed by atoms with Crippen molar-refractivity contribution in [3.05, 3.63) is 18.2 Å². The van der Waals surface area contributed by atoms with E-state index in [0.717, 1.165) is 0 Å². The summed E-state index contributed by atoms with van der Waals surface area (Å²) in [7, 11) is -5.82. The Labute approximate surface area is 154 Å². The van der Waals surface area contributed by atoms with Gasteiger partial charge in [0.05, 0.1) is 29.2 Å². The van der Waals surface area contributed by atoms with Crippen molar-refractivity contribution >= 4 is 31.5 Å². The molecule has 146 valence electrons. The molecule has 2 rings (SSSR count). The summed E-state index contributed by atoms with van der Waals surface area (Å²) in [4.78, 5) is 11.3. The quantitative estimate of drug-likeness (QED) is 0.764. The molecular weight excluding hydrogens is 380 g/mol. The van der Waals surface area contributed by atoms with Crippen LogP contribution in [0.15, 0.2) is 23.1 Å². The minimum atomic E-state index is -3.96. The molecule has 0 bridgehead atoms. The Balaban J connectivity index is 2.50. The molecule has 0 spiro atoms. The van der Waals surface area contributed by atoms with Gasteiger partial charge in [-0.05, 0) is 31.5 Å². The molecule has 0 aliphatic carbocycles. The van der Waals surface area contributed by atoms with Crippen LogP contribution in [0.1, 0.15) is 27.2 Å². The molecule has 1 fully saturated rings. The summed E-state index contributed by atoms with van der Waals surface area (Å²) in [6.07, 6.45) is 0.247. The predicted octanol–water partition coefficient (Wildman–Crippen LogP) is 1.24. The first-order valence-electron chi connectivity index (χ1n) is 8.14. The van der Waals surface area contributed by atoms with Crippen molar-refractivity contribution in [1.29, 1.82) is 0 Å². The van der Waals surface area contributed by atoms with Gasteiger partial charge in [-0.15, -0.1) is 0 Å². The number of methoxy groups -OCH3 is 1.